The van der Waals surface area contributed by atoms with Gasteiger partial charge in [0.05, 0.1) is 19.0 Å². The second-order valence-corrected chi connectivity index (χ2v) is 4.93. The van der Waals surface area contributed by atoms with Gasteiger partial charge < -0.3 is 9.53 Å². The molecule has 0 saturated heterocycles. The van der Waals surface area contributed by atoms with Crippen molar-refractivity contribution in [3.05, 3.63) is 30.1 Å². The highest BCUT2D eigenvalue weighted by molar-refractivity contribution is 5.66. The summed E-state index contributed by atoms with van der Waals surface area (Å²) in [5.41, 5.74) is 1.71. The number of hydrogen-bond donors (Lipinski definition) is 0. The standard InChI is InChI=1S/C14H17N3O2/c1-10-6-5-7-15-12(10)13-11(19-4)8-17(16-13)14(2,3)9-18/h5-9H,1-4H3. The normalized spacial score (nSPS) is 11.4. The predicted molar refractivity (Wildman–Crippen MR) is 72.1 cm³/mol. The lowest BCUT2D eigenvalue weighted by molar-refractivity contribution is -0.114. The third kappa shape index (κ3) is 2.36. The minimum atomic E-state index is -0.714. The Hall–Kier alpha value is -2.17. The van der Waals surface area contributed by atoms with E-state index in [1.807, 2.05) is 19.1 Å². The van der Waals surface area contributed by atoms with Gasteiger partial charge in [-0.2, -0.15) is 5.10 Å². The predicted octanol–water partition coefficient (Wildman–Crippen LogP) is 2.20. The van der Waals surface area contributed by atoms with E-state index in [0.29, 0.717) is 11.4 Å². The molecule has 0 saturated carbocycles. The largest absolute Gasteiger partial charge is 0.493 e. The van der Waals surface area contributed by atoms with Gasteiger partial charge in [0.2, 0.25) is 0 Å². The van der Waals surface area contributed by atoms with Crippen LogP contribution in [-0.4, -0.2) is 28.2 Å². The fraction of sp³-hybridized carbons (Fsp3) is 0.357. The van der Waals surface area contributed by atoms with Gasteiger partial charge in [0.25, 0.3) is 0 Å². The highest BCUT2D eigenvalue weighted by Crippen LogP contribution is 2.30. The van der Waals surface area contributed by atoms with Gasteiger partial charge in [-0.05, 0) is 32.4 Å². The summed E-state index contributed by atoms with van der Waals surface area (Å²) in [6.45, 7) is 5.55. The van der Waals surface area contributed by atoms with Crippen molar-refractivity contribution in [3.8, 4) is 17.1 Å². The zero-order chi connectivity index (χ0) is 14.0. The second kappa shape index (κ2) is 4.84. The van der Waals surface area contributed by atoms with Crippen molar-refractivity contribution in [2.24, 2.45) is 0 Å². The number of carbonyl (C=O) groups is 1. The summed E-state index contributed by atoms with van der Waals surface area (Å²) in [4.78, 5) is 15.5. The Balaban J connectivity index is 2.59. The number of carbonyl (C=O) groups excluding carboxylic acids is 1. The minimum Gasteiger partial charge on any atom is -0.493 e. The zero-order valence-electron chi connectivity index (χ0n) is 11.5. The van der Waals surface area contributed by atoms with Crippen LogP contribution in [0, 0.1) is 6.92 Å². The summed E-state index contributed by atoms with van der Waals surface area (Å²) >= 11 is 0. The lowest BCUT2D eigenvalue weighted by atomic mass is 10.1. The monoisotopic (exact) mass is 259 g/mol. The Labute approximate surface area is 112 Å². The summed E-state index contributed by atoms with van der Waals surface area (Å²) in [6.07, 6.45) is 4.29. The van der Waals surface area contributed by atoms with Crippen LogP contribution in [0.2, 0.25) is 0 Å². The lowest BCUT2D eigenvalue weighted by Crippen LogP contribution is -2.28. The maximum atomic E-state index is 11.1. The molecule has 5 nitrogen and oxygen atoms in total. The van der Waals surface area contributed by atoms with Crippen molar-refractivity contribution in [3.63, 3.8) is 0 Å². The molecule has 2 heterocycles. The van der Waals surface area contributed by atoms with Crippen LogP contribution in [0.5, 0.6) is 5.75 Å². The van der Waals surface area contributed by atoms with Crippen molar-refractivity contribution in [1.82, 2.24) is 14.8 Å². The third-order valence-corrected chi connectivity index (χ3v) is 3.01. The summed E-state index contributed by atoms with van der Waals surface area (Å²) in [6, 6.07) is 3.84. The van der Waals surface area contributed by atoms with E-state index in [9.17, 15) is 4.79 Å². The maximum absolute atomic E-state index is 11.1. The fourth-order valence-electron chi connectivity index (χ4n) is 1.75. The van der Waals surface area contributed by atoms with Gasteiger partial charge >= 0.3 is 0 Å². The van der Waals surface area contributed by atoms with Crippen LogP contribution in [0.25, 0.3) is 11.4 Å². The minimum absolute atomic E-state index is 0.608. The van der Waals surface area contributed by atoms with Crippen LogP contribution in [0.1, 0.15) is 19.4 Å². The van der Waals surface area contributed by atoms with E-state index in [2.05, 4.69) is 10.1 Å². The van der Waals surface area contributed by atoms with Gasteiger partial charge in [0.15, 0.2) is 11.4 Å². The van der Waals surface area contributed by atoms with Crippen LogP contribution in [0.4, 0.5) is 0 Å². The number of rotatable bonds is 4. The molecule has 100 valence electrons. The summed E-state index contributed by atoms with van der Waals surface area (Å²) < 4.78 is 6.94. The number of pyridine rings is 1. The molecule has 0 N–H and O–H groups in total. The Morgan fingerprint density at radius 2 is 2.11 bits per heavy atom. The molecule has 0 unspecified atom stereocenters. The number of nitrogens with zero attached hydrogens (tertiary/aromatic N) is 3. The molecule has 0 aliphatic carbocycles. The molecule has 0 aromatic carbocycles. The summed E-state index contributed by atoms with van der Waals surface area (Å²) in [5, 5.41) is 4.45. The second-order valence-electron chi connectivity index (χ2n) is 4.93. The van der Waals surface area contributed by atoms with Gasteiger partial charge in [0.1, 0.15) is 11.8 Å². The van der Waals surface area contributed by atoms with Gasteiger partial charge in [-0.3, -0.25) is 9.67 Å². The third-order valence-electron chi connectivity index (χ3n) is 3.01. The van der Waals surface area contributed by atoms with Crippen molar-refractivity contribution in [2.75, 3.05) is 7.11 Å². The van der Waals surface area contributed by atoms with Crippen LogP contribution >= 0.6 is 0 Å². The highest BCUT2D eigenvalue weighted by atomic mass is 16.5. The molecule has 0 aliphatic rings. The van der Waals surface area contributed by atoms with Crippen molar-refractivity contribution in [2.45, 2.75) is 26.3 Å². The Kier molecular flexibility index (Phi) is 3.38. The number of methoxy groups -OCH3 is 1. The van der Waals surface area contributed by atoms with Crippen molar-refractivity contribution in [1.29, 1.82) is 0 Å². The number of aldehydes is 1. The first-order valence-electron chi connectivity index (χ1n) is 6.02. The van der Waals surface area contributed by atoms with Gasteiger partial charge in [-0.1, -0.05) is 6.07 Å². The van der Waals surface area contributed by atoms with Gasteiger partial charge in [-0.25, -0.2) is 0 Å². The molecule has 2 aromatic heterocycles. The first kappa shape index (κ1) is 13.3. The van der Waals surface area contributed by atoms with E-state index in [1.165, 1.54) is 0 Å². The maximum Gasteiger partial charge on any atom is 0.166 e. The zero-order valence-corrected chi connectivity index (χ0v) is 11.5. The highest BCUT2D eigenvalue weighted by Gasteiger charge is 2.24. The van der Waals surface area contributed by atoms with Crippen LogP contribution < -0.4 is 4.74 Å². The molecule has 0 amide bonds. The van der Waals surface area contributed by atoms with Crippen molar-refractivity contribution < 1.29 is 9.53 Å². The first-order chi connectivity index (χ1) is 8.99. The van der Waals surface area contributed by atoms with Crippen LogP contribution in [-0.2, 0) is 10.3 Å². The lowest BCUT2D eigenvalue weighted by Gasteiger charge is -2.16. The molecule has 0 atom stereocenters. The Morgan fingerprint density at radius 1 is 1.37 bits per heavy atom. The van der Waals surface area contributed by atoms with Crippen molar-refractivity contribution >= 4 is 6.29 Å². The van der Waals surface area contributed by atoms with E-state index >= 15 is 0 Å². The van der Waals surface area contributed by atoms with Gasteiger partial charge in [-0.15, -0.1) is 0 Å². The Bertz CT molecular complexity index is 602. The number of ether oxygens (including phenoxy) is 1. The molecule has 5 heteroatoms. The molecule has 0 radical (unpaired) electrons. The topological polar surface area (TPSA) is 57.0 Å². The number of aromatic nitrogens is 3. The quantitative estimate of drug-likeness (QED) is 0.790. The number of aryl methyl sites for hydroxylation is 1. The van der Waals surface area contributed by atoms with E-state index in [0.717, 1.165) is 17.5 Å². The molecule has 0 bridgehead atoms. The molecular formula is C14H17N3O2. The van der Waals surface area contributed by atoms with E-state index in [-0.39, 0.29) is 0 Å². The SMILES string of the molecule is COc1cn(C(C)(C)C=O)nc1-c1ncccc1C. The average Bonchev–Trinajstić information content (AvgIpc) is 2.84. The molecule has 0 spiro atoms. The smallest absolute Gasteiger partial charge is 0.166 e. The van der Waals surface area contributed by atoms with E-state index in [4.69, 9.17) is 4.74 Å². The molecule has 2 aromatic rings. The van der Waals surface area contributed by atoms with E-state index < -0.39 is 5.54 Å². The fourth-order valence-corrected chi connectivity index (χ4v) is 1.75. The number of hydrogen-bond acceptors (Lipinski definition) is 4. The van der Waals surface area contributed by atoms with E-state index in [1.54, 1.807) is 38.0 Å². The molecule has 2 rings (SSSR count). The summed E-state index contributed by atoms with van der Waals surface area (Å²) in [7, 11) is 1.58. The molecule has 19 heavy (non-hydrogen) atoms. The first-order valence-corrected chi connectivity index (χ1v) is 6.02. The summed E-state index contributed by atoms with van der Waals surface area (Å²) in [5.74, 6) is 0.608. The molecular weight excluding hydrogens is 242 g/mol. The average molecular weight is 259 g/mol. The Morgan fingerprint density at radius 3 is 2.68 bits per heavy atom. The van der Waals surface area contributed by atoms with Crippen LogP contribution in [0.15, 0.2) is 24.5 Å². The molecule has 0 fully saturated rings. The molecule has 0 aliphatic heterocycles. The van der Waals surface area contributed by atoms with Gasteiger partial charge in [0, 0.05) is 6.20 Å². The van der Waals surface area contributed by atoms with Crippen LogP contribution in [0.3, 0.4) is 0 Å².